The molecule has 4 nitrogen and oxygen atoms in total. The fourth-order valence-electron chi connectivity index (χ4n) is 4.31. The molecule has 0 spiro atoms. The van der Waals surface area contributed by atoms with Crippen LogP contribution in [0.25, 0.3) is 0 Å². The molecule has 2 fully saturated rings. The van der Waals surface area contributed by atoms with E-state index >= 15 is 0 Å². The second-order valence-electron chi connectivity index (χ2n) is 7.13. The van der Waals surface area contributed by atoms with E-state index in [4.69, 9.17) is 9.47 Å². The Morgan fingerprint density at radius 2 is 2.08 bits per heavy atom. The Hall–Kier alpha value is -1.60. The molecule has 1 aromatic rings. The van der Waals surface area contributed by atoms with E-state index in [-0.39, 0.29) is 30.1 Å². The molecule has 1 aliphatic carbocycles. The van der Waals surface area contributed by atoms with Crippen molar-refractivity contribution in [2.75, 3.05) is 20.8 Å². The molecule has 7 heteroatoms. The van der Waals surface area contributed by atoms with Gasteiger partial charge in [0.15, 0.2) is 0 Å². The number of fused-ring (bicyclic) bond motifs is 1. The van der Waals surface area contributed by atoms with Gasteiger partial charge in [0.25, 0.3) is 0 Å². The minimum atomic E-state index is -4.41. The molecule has 0 bridgehead atoms. The smallest absolute Gasteiger partial charge is 0.381 e. The molecule has 1 amide bonds. The number of amides is 1. The predicted octanol–water partition coefficient (Wildman–Crippen LogP) is 3.43. The Balaban J connectivity index is 1.76. The van der Waals surface area contributed by atoms with E-state index in [0.717, 1.165) is 31.4 Å². The number of hydrogen-bond acceptors (Lipinski definition) is 3. The van der Waals surface area contributed by atoms with Gasteiger partial charge < -0.3 is 14.4 Å². The summed E-state index contributed by atoms with van der Waals surface area (Å²) in [5.74, 6) is -0.162. The van der Waals surface area contributed by atoms with Crippen molar-refractivity contribution in [3.63, 3.8) is 0 Å². The summed E-state index contributed by atoms with van der Waals surface area (Å²) in [6.45, 7) is 0.562. The molecule has 26 heavy (non-hydrogen) atoms. The summed E-state index contributed by atoms with van der Waals surface area (Å²) in [7, 11) is 3.33. The van der Waals surface area contributed by atoms with E-state index < -0.39 is 11.7 Å². The first-order valence-electron chi connectivity index (χ1n) is 8.82. The van der Waals surface area contributed by atoms with Gasteiger partial charge in [-0.15, -0.1) is 0 Å². The molecule has 3 rings (SSSR count). The normalized spacial score (nSPS) is 28.9. The van der Waals surface area contributed by atoms with E-state index in [1.807, 2.05) is 0 Å². The van der Waals surface area contributed by atoms with Crippen LogP contribution >= 0.6 is 0 Å². The first-order chi connectivity index (χ1) is 12.3. The van der Waals surface area contributed by atoms with Crippen LogP contribution in [-0.2, 0) is 26.9 Å². The largest absolute Gasteiger partial charge is 0.416 e. The van der Waals surface area contributed by atoms with Crippen molar-refractivity contribution in [3.8, 4) is 0 Å². The number of benzene rings is 1. The lowest BCUT2D eigenvalue weighted by atomic mass is 9.79. The van der Waals surface area contributed by atoms with Crippen LogP contribution in [-0.4, -0.2) is 49.3 Å². The lowest BCUT2D eigenvalue weighted by Crippen LogP contribution is -2.53. The first-order valence-corrected chi connectivity index (χ1v) is 8.82. The van der Waals surface area contributed by atoms with Gasteiger partial charge in [-0.05, 0) is 37.3 Å². The van der Waals surface area contributed by atoms with Crippen molar-refractivity contribution in [1.82, 2.24) is 4.90 Å². The van der Waals surface area contributed by atoms with Gasteiger partial charge in [0.05, 0.1) is 29.7 Å². The molecular formula is C19H24F3NO3. The summed E-state index contributed by atoms with van der Waals surface area (Å²) >= 11 is 0. The number of halogens is 3. The molecule has 1 aromatic carbocycles. The number of likely N-dealkylation sites (tertiary alicyclic amines) is 1. The zero-order valence-electron chi connectivity index (χ0n) is 15.0. The SMILES string of the molecule is CO[C@H]1CC[C@@]2(OC)CCN(C(=O)Cc3cccc(C(F)(F)F)c3)[C@H]2C1. The second-order valence-corrected chi connectivity index (χ2v) is 7.13. The standard InChI is InChI=1S/C19H24F3NO3/c1-25-15-6-7-18(26-2)8-9-23(16(18)12-15)17(24)11-13-4-3-5-14(10-13)19(20,21)22/h3-5,10,15-16H,6-9,11-12H2,1-2H3/t15-,16-,18+/m0/s1. The Morgan fingerprint density at radius 1 is 1.31 bits per heavy atom. The average molecular weight is 371 g/mol. The van der Waals surface area contributed by atoms with Gasteiger partial charge >= 0.3 is 6.18 Å². The highest BCUT2D eigenvalue weighted by atomic mass is 19.4. The zero-order valence-corrected chi connectivity index (χ0v) is 15.0. The highest BCUT2D eigenvalue weighted by Gasteiger charge is 2.52. The maximum Gasteiger partial charge on any atom is 0.416 e. The van der Waals surface area contributed by atoms with Crippen LogP contribution in [0.4, 0.5) is 13.2 Å². The van der Waals surface area contributed by atoms with Gasteiger partial charge in [-0.1, -0.05) is 18.2 Å². The van der Waals surface area contributed by atoms with E-state index in [1.54, 1.807) is 25.2 Å². The van der Waals surface area contributed by atoms with Gasteiger partial charge in [0.1, 0.15) is 0 Å². The van der Waals surface area contributed by atoms with E-state index in [9.17, 15) is 18.0 Å². The summed E-state index contributed by atoms with van der Waals surface area (Å²) in [6.07, 6.45) is -1.23. The predicted molar refractivity (Wildman–Crippen MR) is 89.7 cm³/mol. The molecule has 0 unspecified atom stereocenters. The number of rotatable bonds is 4. The van der Waals surface area contributed by atoms with E-state index in [1.165, 1.54) is 6.07 Å². The average Bonchev–Trinajstić information content (AvgIpc) is 3.00. The number of nitrogens with zero attached hydrogens (tertiary/aromatic N) is 1. The Bertz CT molecular complexity index is 664. The number of carbonyl (C=O) groups excluding carboxylic acids is 1. The first kappa shape index (κ1) is 19.2. The maximum absolute atomic E-state index is 12.9. The lowest BCUT2D eigenvalue weighted by Gasteiger charge is -2.43. The molecule has 2 aliphatic rings. The number of carbonyl (C=O) groups is 1. The third-order valence-corrected chi connectivity index (χ3v) is 5.80. The molecule has 1 saturated carbocycles. The molecule has 0 aromatic heterocycles. The fourth-order valence-corrected chi connectivity index (χ4v) is 4.31. The van der Waals surface area contributed by atoms with Crippen molar-refractivity contribution in [3.05, 3.63) is 35.4 Å². The van der Waals surface area contributed by atoms with E-state index in [2.05, 4.69) is 0 Å². The van der Waals surface area contributed by atoms with Crippen LogP contribution in [0.5, 0.6) is 0 Å². The fraction of sp³-hybridized carbons (Fsp3) is 0.632. The molecule has 1 aliphatic heterocycles. The third kappa shape index (κ3) is 3.60. The molecular weight excluding hydrogens is 347 g/mol. The molecule has 0 N–H and O–H groups in total. The molecule has 3 atom stereocenters. The Morgan fingerprint density at radius 3 is 2.73 bits per heavy atom. The summed E-state index contributed by atoms with van der Waals surface area (Å²) in [4.78, 5) is 14.6. The lowest BCUT2D eigenvalue weighted by molar-refractivity contribution is -0.140. The van der Waals surface area contributed by atoms with Crippen LogP contribution in [0.15, 0.2) is 24.3 Å². The Kier molecular flexibility index (Phi) is 5.30. The molecule has 1 heterocycles. The van der Waals surface area contributed by atoms with Crippen LogP contribution in [0, 0.1) is 0 Å². The minimum absolute atomic E-state index is 0.0438. The van der Waals surface area contributed by atoms with Crippen molar-refractivity contribution in [2.45, 2.75) is 56.0 Å². The summed E-state index contributed by atoms with van der Waals surface area (Å²) in [6, 6.07) is 4.88. The minimum Gasteiger partial charge on any atom is -0.381 e. The van der Waals surface area contributed by atoms with Crippen molar-refractivity contribution in [1.29, 1.82) is 0 Å². The van der Waals surface area contributed by atoms with Crippen molar-refractivity contribution in [2.24, 2.45) is 0 Å². The summed E-state index contributed by atoms with van der Waals surface area (Å²) < 4.78 is 49.9. The van der Waals surface area contributed by atoms with Gasteiger partial charge in [0, 0.05) is 20.8 Å². The third-order valence-electron chi connectivity index (χ3n) is 5.80. The van der Waals surface area contributed by atoms with Gasteiger partial charge in [-0.25, -0.2) is 0 Å². The molecule has 0 radical (unpaired) electrons. The topological polar surface area (TPSA) is 38.8 Å². The van der Waals surface area contributed by atoms with Gasteiger partial charge in [-0.3, -0.25) is 4.79 Å². The highest BCUT2D eigenvalue weighted by molar-refractivity contribution is 5.79. The van der Waals surface area contributed by atoms with Gasteiger partial charge in [-0.2, -0.15) is 13.2 Å². The summed E-state index contributed by atoms with van der Waals surface area (Å²) in [5.41, 5.74) is -0.718. The van der Waals surface area contributed by atoms with Gasteiger partial charge in [0.2, 0.25) is 5.91 Å². The number of methoxy groups -OCH3 is 2. The van der Waals surface area contributed by atoms with Crippen LogP contribution in [0.1, 0.15) is 36.8 Å². The highest BCUT2D eigenvalue weighted by Crippen LogP contribution is 2.43. The molecule has 1 saturated heterocycles. The number of alkyl halides is 3. The van der Waals surface area contributed by atoms with E-state index in [0.29, 0.717) is 18.5 Å². The summed E-state index contributed by atoms with van der Waals surface area (Å²) in [5, 5.41) is 0. The van der Waals surface area contributed by atoms with Crippen molar-refractivity contribution < 1.29 is 27.4 Å². The molecule has 144 valence electrons. The quantitative estimate of drug-likeness (QED) is 0.814. The Labute approximate surface area is 151 Å². The number of hydrogen-bond donors (Lipinski definition) is 0. The van der Waals surface area contributed by atoms with Crippen LogP contribution in [0.2, 0.25) is 0 Å². The monoisotopic (exact) mass is 371 g/mol. The number of ether oxygens (including phenoxy) is 2. The van der Waals surface area contributed by atoms with Crippen LogP contribution < -0.4 is 0 Å². The second kappa shape index (κ2) is 7.19. The maximum atomic E-state index is 12.9. The van der Waals surface area contributed by atoms with Crippen LogP contribution in [0.3, 0.4) is 0 Å². The van der Waals surface area contributed by atoms with Crippen molar-refractivity contribution >= 4 is 5.91 Å². The zero-order chi connectivity index (χ0) is 18.9.